The Bertz CT molecular complexity index is 1070. The third-order valence-electron chi connectivity index (χ3n) is 6.07. The molecule has 3 aromatic rings. The van der Waals surface area contributed by atoms with Crippen molar-refractivity contribution in [3.8, 4) is 17.1 Å². The average Bonchev–Trinajstić information content (AvgIpc) is 3.43. The molecule has 1 saturated heterocycles. The van der Waals surface area contributed by atoms with Crippen LogP contribution in [0.15, 0.2) is 48.5 Å². The minimum atomic E-state index is -0.170. The maximum absolute atomic E-state index is 12.8. The molecular formula is C25H28N4O3. The first-order valence-corrected chi connectivity index (χ1v) is 11.4. The van der Waals surface area contributed by atoms with Crippen molar-refractivity contribution in [1.82, 2.24) is 14.8 Å². The van der Waals surface area contributed by atoms with Gasteiger partial charge in [0.05, 0.1) is 6.10 Å². The van der Waals surface area contributed by atoms with E-state index in [2.05, 4.69) is 20.1 Å². The second-order valence-corrected chi connectivity index (χ2v) is 8.41. The van der Waals surface area contributed by atoms with Crippen LogP contribution in [0.1, 0.15) is 48.3 Å². The fraction of sp³-hybridized carbons (Fsp3) is 0.400. The molecule has 1 fully saturated rings. The van der Waals surface area contributed by atoms with Gasteiger partial charge in [-0.25, -0.2) is 0 Å². The minimum Gasteiger partial charge on any atom is -0.491 e. The molecule has 5 rings (SSSR count). The number of rotatable bonds is 6. The zero-order valence-electron chi connectivity index (χ0n) is 18.1. The summed E-state index contributed by atoms with van der Waals surface area (Å²) in [5, 5.41) is 11.7. The van der Waals surface area contributed by atoms with E-state index in [0.717, 1.165) is 61.7 Å². The lowest BCUT2D eigenvalue weighted by Crippen LogP contribution is -2.17. The van der Waals surface area contributed by atoms with Gasteiger partial charge in [0.25, 0.3) is 5.91 Å². The number of anilines is 1. The highest BCUT2D eigenvalue weighted by Gasteiger charge is 2.17. The van der Waals surface area contributed by atoms with E-state index in [-0.39, 0.29) is 12.0 Å². The molecule has 7 nitrogen and oxygen atoms in total. The summed E-state index contributed by atoms with van der Waals surface area (Å²) >= 11 is 0. The minimum absolute atomic E-state index is 0.145. The predicted octanol–water partition coefficient (Wildman–Crippen LogP) is 4.48. The molecule has 0 radical (unpaired) electrons. The van der Waals surface area contributed by atoms with Gasteiger partial charge >= 0.3 is 0 Å². The maximum Gasteiger partial charge on any atom is 0.255 e. The van der Waals surface area contributed by atoms with Crippen LogP contribution in [0.3, 0.4) is 0 Å². The molecule has 1 amide bonds. The van der Waals surface area contributed by atoms with Crippen molar-refractivity contribution in [3.63, 3.8) is 0 Å². The number of hydrogen-bond donors (Lipinski definition) is 1. The average molecular weight is 433 g/mol. The van der Waals surface area contributed by atoms with Crippen molar-refractivity contribution in [2.75, 3.05) is 18.5 Å². The molecule has 0 aliphatic carbocycles. The Kier molecular flexibility index (Phi) is 6.16. The Morgan fingerprint density at radius 1 is 1.09 bits per heavy atom. The highest BCUT2D eigenvalue weighted by atomic mass is 16.5. The van der Waals surface area contributed by atoms with Crippen molar-refractivity contribution < 1.29 is 14.3 Å². The summed E-state index contributed by atoms with van der Waals surface area (Å²) in [5.74, 6) is 2.47. The van der Waals surface area contributed by atoms with Gasteiger partial charge < -0.3 is 19.4 Å². The van der Waals surface area contributed by atoms with Crippen LogP contribution in [0, 0.1) is 0 Å². The van der Waals surface area contributed by atoms with Crippen molar-refractivity contribution in [2.45, 2.75) is 51.2 Å². The number of ether oxygens (including phenoxy) is 2. The molecule has 3 heterocycles. The topological polar surface area (TPSA) is 78.3 Å². The zero-order valence-corrected chi connectivity index (χ0v) is 18.1. The lowest BCUT2D eigenvalue weighted by atomic mass is 10.1. The number of hydrogen-bond acceptors (Lipinski definition) is 5. The van der Waals surface area contributed by atoms with Crippen LogP contribution >= 0.6 is 0 Å². The zero-order chi connectivity index (χ0) is 21.8. The molecule has 0 saturated carbocycles. The number of aromatic nitrogens is 3. The van der Waals surface area contributed by atoms with E-state index >= 15 is 0 Å². The quantitative estimate of drug-likeness (QED) is 0.621. The Hall–Kier alpha value is -3.19. The summed E-state index contributed by atoms with van der Waals surface area (Å²) in [6, 6.07) is 15.0. The molecule has 2 aromatic carbocycles. The van der Waals surface area contributed by atoms with E-state index in [1.807, 2.05) is 36.4 Å². The molecule has 7 heteroatoms. The molecule has 1 aromatic heterocycles. The van der Waals surface area contributed by atoms with Crippen molar-refractivity contribution >= 4 is 11.6 Å². The number of fused-ring (bicyclic) bond motifs is 1. The third kappa shape index (κ3) is 4.67. The first-order chi connectivity index (χ1) is 15.8. The second-order valence-electron chi connectivity index (χ2n) is 8.41. The highest BCUT2D eigenvalue weighted by molar-refractivity contribution is 6.04. The Balaban J connectivity index is 1.23. The summed E-state index contributed by atoms with van der Waals surface area (Å²) in [4.78, 5) is 12.8. The normalized spacial score (nSPS) is 18.1. The van der Waals surface area contributed by atoms with Gasteiger partial charge in [-0.2, -0.15) is 0 Å². The van der Waals surface area contributed by atoms with E-state index in [1.54, 1.807) is 12.1 Å². The van der Waals surface area contributed by atoms with Crippen molar-refractivity contribution in [3.05, 3.63) is 59.9 Å². The number of carbonyl (C=O) groups excluding carboxylic acids is 1. The maximum atomic E-state index is 12.8. The summed E-state index contributed by atoms with van der Waals surface area (Å²) < 4.78 is 13.6. The lowest BCUT2D eigenvalue weighted by molar-refractivity contribution is 0.0679. The van der Waals surface area contributed by atoms with Gasteiger partial charge in [0.15, 0.2) is 5.82 Å². The summed E-state index contributed by atoms with van der Waals surface area (Å²) in [6.07, 6.45) is 6.78. The van der Waals surface area contributed by atoms with E-state index in [0.29, 0.717) is 17.9 Å². The number of nitrogens with zero attached hydrogens (tertiary/aromatic N) is 3. The van der Waals surface area contributed by atoms with E-state index in [9.17, 15) is 4.79 Å². The van der Waals surface area contributed by atoms with Gasteiger partial charge in [0.2, 0.25) is 0 Å². The van der Waals surface area contributed by atoms with Gasteiger partial charge in [-0.15, -0.1) is 10.2 Å². The summed E-state index contributed by atoms with van der Waals surface area (Å²) in [7, 11) is 0. The summed E-state index contributed by atoms with van der Waals surface area (Å²) in [5.41, 5.74) is 2.30. The molecule has 32 heavy (non-hydrogen) atoms. The van der Waals surface area contributed by atoms with Crippen LogP contribution in [-0.4, -0.2) is 40.0 Å². The number of amides is 1. The van der Waals surface area contributed by atoms with Gasteiger partial charge in [-0.3, -0.25) is 4.79 Å². The molecule has 0 spiro atoms. The summed E-state index contributed by atoms with van der Waals surface area (Å²) in [6.45, 7) is 2.27. The molecule has 1 unspecified atom stereocenters. The lowest BCUT2D eigenvalue weighted by Gasteiger charge is -2.12. The van der Waals surface area contributed by atoms with E-state index in [1.165, 1.54) is 12.8 Å². The van der Waals surface area contributed by atoms with Crippen LogP contribution < -0.4 is 10.1 Å². The number of benzene rings is 2. The predicted molar refractivity (Wildman–Crippen MR) is 122 cm³/mol. The molecule has 2 aliphatic heterocycles. The van der Waals surface area contributed by atoms with Gasteiger partial charge in [0, 0.05) is 36.4 Å². The van der Waals surface area contributed by atoms with E-state index < -0.39 is 0 Å². The van der Waals surface area contributed by atoms with Crippen LogP contribution in [0.5, 0.6) is 5.75 Å². The van der Waals surface area contributed by atoms with Crippen LogP contribution in [0.2, 0.25) is 0 Å². The van der Waals surface area contributed by atoms with E-state index in [4.69, 9.17) is 9.47 Å². The highest BCUT2D eigenvalue weighted by Crippen LogP contribution is 2.24. The van der Waals surface area contributed by atoms with Crippen molar-refractivity contribution in [2.24, 2.45) is 0 Å². The monoisotopic (exact) mass is 432 g/mol. The molecule has 2 aliphatic rings. The number of aryl methyl sites for hydroxylation is 1. The Morgan fingerprint density at radius 2 is 2.00 bits per heavy atom. The largest absolute Gasteiger partial charge is 0.491 e. The smallest absolute Gasteiger partial charge is 0.255 e. The molecule has 166 valence electrons. The first-order valence-electron chi connectivity index (χ1n) is 11.4. The molecule has 1 N–H and O–H groups in total. The molecular weight excluding hydrogens is 404 g/mol. The first kappa shape index (κ1) is 20.7. The van der Waals surface area contributed by atoms with Gasteiger partial charge in [-0.05, 0) is 68.1 Å². The SMILES string of the molecule is O=C(Nc1ccc(-c2nnc3n2CCCCC3)cc1)c1cccc(OCC2CCCO2)c1. The fourth-order valence-corrected chi connectivity index (χ4v) is 4.30. The molecule has 1 atom stereocenters. The van der Waals surface area contributed by atoms with Crippen LogP contribution in [-0.2, 0) is 17.7 Å². The number of carbonyl (C=O) groups is 1. The Morgan fingerprint density at radius 3 is 2.84 bits per heavy atom. The standard InChI is InChI=1S/C25H28N4O3/c30-25(19-6-4-7-21(16-19)32-17-22-8-5-15-31-22)26-20-12-10-18(11-13-20)24-28-27-23-9-2-1-3-14-29(23)24/h4,6-7,10-13,16,22H,1-3,5,8-9,14-15,17H2,(H,26,30). The van der Waals surface area contributed by atoms with Gasteiger partial charge in [0.1, 0.15) is 18.2 Å². The van der Waals surface area contributed by atoms with Crippen LogP contribution in [0.4, 0.5) is 5.69 Å². The second kappa shape index (κ2) is 9.53. The fourth-order valence-electron chi connectivity index (χ4n) is 4.30. The number of nitrogens with one attached hydrogen (secondary N) is 1. The van der Waals surface area contributed by atoms with Crippen LogP contribution in [0.25, 0.3) is 11.4 Å². The molecule has 0 bridgehead atoms. The Labute approximate surface area is 187 Å². The van der Waals surface area contributed by atoms with Gasteiger partial charge in [-0.1, -0.05) is 12.5 Å². The van der Waals surface area contributed by atoms with Crippen molar-refractivity contribution in [1.29, 1.82) is 0 Å². The third-order valence-corrected chi connectivity index (χ3v) is 6.07.